The molecule has 4 aromatic rings. The van der Waals surface area contributed by atoms with E-state index < -0.39 is 0 Å². The molecule has 1 atom stereocenters. The Hall–Kier alpha value is -3.35. The number of hydrogen-bond acceptors (Lipinski definition) is 4. The van der Waals surface area contributed by atoms with Gasteiger partial charge in [0.15, 0.2) is 23.2 Å². The van der Waals surface area contributed by atoms with Crippen molar-refractivity contribution in [2.45, 2.75) is 12.5 Å². The van der Waals surface area contributed by atoms with E-state index in [4.69, 9.17) is 4.42 Å². The number of nitrogens with zero attached hydrogens (tertiary/aromatic N) is 5. The first-order valence-electron chi connectivity index (χ1n) is 8.93. The van der Waals surface area contributed by atoms with Crippen molar-refractivity contribution in [3.63, 3.8) is 0 Å². The molecule has 3 aromatic heterocycles. The third-order valence-electron chi connectivity index (χ3n) is 5.24. The van der Waals surface area contributed by atoms with E-state index in [9.17, 15) is 4.79 Å². The summed E-state index contributed by atoms with van der Waals surface area (Å²) in [6.07, 6.45) is 4.32. The zero-order valence-electron chi connectivity index (χ0n) is 15.2. The van der Waals surface area contributed by atoms with Crippen LogP contribution in [0.5, 0.6) is 0 Å². The van der Waals surface area contributed by atoms with Crippen LogP contribution in [-0.2, 0) is 11.8 Å². The average Bonchev–Trinajstić information content (AvgIpc) is 3.44. The molecule has 0 N–H and O–H groups in total. The largest absolute Gasteiger partial charge is 0.450 e. The molecular weight excluding hydrogens is 342 g/mol. The van der Waals surface area contributed by atoms with Crippen LogP contribution in [0.3, 0.4) is 0 Å². The number of carbonyl (C=O) groups excluding carboxylic acids is 1. The Labute approximate surface area is 155 Å². The Balaban J connectivity index is 1.54. The molecule has 0 unspecified atom stereocenters. The number of amides is 1. The molecule has 1 aromatic carbocycles. The quantitative estimate of drug-likeness (QED) is 0.562. The molecule has 0 saturated carbocycles. The maximum atomic E-state index is 12.4. The van der Waals surface area contributed by atoms with Gasteiger partial charge in [0.2, 0.25) is 5.91 Å². The molecule has 0 bridgehead atoms. The summed E-state index contributed by atoms with van der Waals surface area (Å²) in [5.41, 5.74) is 1.97. The fourth-order valence-electron chi connectivity index (χ4n) is 3.76. The molecule has 5 rings (SSSR count). The van der Waals surface area contributed by atoms with Gasteiger partial charge in [-0.3, -0.25) is 4.79 Å². The zero-order valence-corrected chi connectivity index (χ0v) is 15.2. The minimum atomic E-state index is -0.225. The smallest absolute Gasteiger partial charge is 0.245 e. The second-order valence-corrected chi connectivity index (χ2v) is 6.87. The lowest BCUT2D eigenvalue weighted by atomic mass is 10.2. The van der Waals surface area contributed by atoms with Crippen molar-refractivity contribution in [3.8, 4) is 23.2 Å². The molecule has 1 aliphatic rings. The molecule has 1 fully saturated rings. The normalized spacial score (nSPS) is 17.3. The number of aromatic nitrogens is 4. The fraction of sp³-hybridized carbons (Fsp3) is 0.250. The van der Waals surface area contributed by atoms with E-state index in [2.05, 4.69) is 9.97 Å². The van der Waals surface area contributed by atoms with Crippen molar-refractivity contribution >= 4 is 16.9 Å². The van der Waals surface area contributed by atoms with Crippen LogP contribution in [0, 0.1) is 0 Å². The van der Waals surface area contributed by atoms with E-state index in [1.54, 1.807) is 11.1 Å². The van der Waals surface area contributed by atoms with Crippen molar-refractivity contribution in [2.75, 3.05) is 13.6 Å². The third-order valence-corrected chi connectivity index (χ3v) is 5.24. The van der Waals surface area contributed by atoms with Crippen LogP contribution < -0.4 is 0 Å². The van der Waals surface area contributed by atoms with E-state index in [1.165, 1.54) is 0 Å². The first-order chi connectivity index (χ1) is 13.1. The molecule has 1 aliphatic heterocycles. The summed E-state index contributed by atoms with van der Waals surface area (Å²) in [6, 6.07) is 11.5. The number of aryl methyl sites for hydroxylation is 1. The van der Waals surface area contributed by atoms with Crippen molar-refractivity contribution in [1.29, 1.82) is 0 Å². The summed E-state index contributed by atoms with van der Waals surface area (Å²) in [5, 5.41) is 0. The van der Waals surface area contributed by atoms with Crippen molar-refractivity contribution in [2.24, 2.45) is 7.05 Å². The van der Waals surface area contributed by atoms with Crippen LogP contribution >= 0.6 is 0 Å². The summed E-state index contributed by atoms with van der Waals surface area (Å²) < 4.78 is 10.0. The van der Waals surface area contributed by atoms with Crippen molar-refractivity contribution < 1.29 is 9.21 Å². The highest BCUT2D eigenvalue weighted by Gasteiger charge is 2.32. The molecule has 1 saturated heterocycles. The summed E-state index contributed by atoms with van der Waals surface area (Å²) in [6.45, 7) is 0.754. The molecule has 0 spiro atoms. The van der Waals surface area contributed by atoms with Crippen LogP contribution in [0.15, 0.2) is 53.2 Å². The van der Waals surface area contributed by atoms with Gasteiger partial charge in [-0.2, -0.15) is 0 Å². The van der Waals surface area contributed by atoms with E-state index in [-0.39, 0.29) is 11.9 Å². The fourth-order valence-corrected chi connectivity index (χ4v) is 3.76. The van der Waals surface area contributed by atoms with Gasteiger partial charge in [0, 0.05) is 33.0 Å². The summed E-state index contributed by atoms with van der Waals surface area (Å²) in [5.74, 6) is 2.83. The summed E-state index contributed by atoms with van der Waals surface area (Å²) >= 11 is 0. The third kappa shape index (κ3) is 2.38. The van der Waals surface area contributed by atoms with Crippen molar-refractivity contribution in [1.82, 2.24) is 24.0 Å². The lowest BCUT2D eigenvalue weighted by molar-refractivity contribution is -0.129. The minimum Gasteiger partial charge on any atom is -0.450 e. The Kier molecular flexibility index (Phi) is 3.43. The molecule has 4 heterocycles. The number of rotatable bonds is 3. The Morgan fingerprint density at radius 1 is 1.07 bits per heavy atom. The van der Waals surface area contributed by atoms with E-state index in [0.29, 0.717) is 17.3 Å². The van der Waals surface area contributed by atoms with Gasteiger partial charge in [-0.25, -0.2) is 9.97 Å². The van der Waals surface area contributed by atoms with Gasteiger partial charge >= 0.3 is 0 Å². The zero-order chi connectivity index (χ0) is 18.5. The lowest BCUT2D eigenvalue weighted by Gasteiger charge is -2.13. The molecular formula is C20H19N5O2. The molecule has 0 aliphatic carbocycles. The molecule has 7 heteroatoms. The Morgan fingerprint density at radius 3 is 2.59 bits per heavy atom. The van der Waals surface area contributed by atoms with Gasteiger partial charge in [0.25, 0.3) is 0 Å². The number of likely N-dealkylation sites (tertiary alicyclic amines) is 1. The van der Waals surface area contributed by atoms with E-state index in [0.717, 1.165) is 29.8 Å². The van der Waals surface area contributed by atoms with Gasteiger partial charge in [-0.1, -0.05) is 12.1 Å². The molecule has 7 nitrogen and oxygen atoms in total. The molecule has 136 valence electrons. The monoisotopic (exact) mass is 361 g/mol. The second-order valence-electron chi connectivity index (χ2n) is 6.87. The highest BCUT2D eigenvalue weighted by Crippen LogP contribution is 2.32. The van der Waals surface area contributed by atoms with Crippen LogP contribution in [0.2, 0.25) is 0 Å². The van der Waals surface area contributed by atoms with Gasteiger partial charge in [-0.05, 0) is 30.7 Å². The number of benzene rings is 1. The first kappa shape index (κ1) is 15.9. The number of likely N-dealkylation sites (N-methyl/N-ethyl adjacent to an activating group) is 1. The predicted molar refractivity (Wildman–Crippen MR) is 101 cm³/mol. The number of carbonyl (C=O) groups is 1. The first-order valence-corrected chi connectivity index (χ1v) is 8.93. The van der Waals surface area contributed by atoms with Gasteiger partial charge < -0.3 is 18.5 Å². The van der Waals surface area contributed by atoms with Gasteiger partial charge in [0.05, 0.1) is 11.0 Å². The van der Waals surface area contributed by atoms with Crippen LogP contribution in [0.1, 0.15) is 12.5 Å². The molecule has 27 heavy (non-hydrogen) atoms. The average molecular weight is 361 g/mol. The SMILES string of the molecule is CN1CC[C@H](n2ccnc2-c2ccc(-c3nc4ccccc4n3C)o2)C1=O. The van der Waals surface area contributed by atoms with Crippen LogP contribution in [-0.4, -0.2) is 43.5 Å². The lowest BCUT2D eigenvalue weighted by Crippen LogP contribution is -2.24. The minimum absolute atomic E-state index is 0.108. The molecule has 1 amide bonds. The number of fused-ring (bicyclic) bond motifs is 1. The molecule has 0 radical (unpaired) electrons. The number of furan rings is 1. The van der Waals surface area contributed by atoms with Crippen molar-refractivity contribution in [3.05, 3.63) is 48.8 Å². The number of imidazole rings is 2. The highest BCUT2D eigenvalue weighted by molar-refractivity contribution is 5.83. The maximum absolute atomic E-state index is 12.4. The maximum Gasteiger partial charge on any atom is 0.245 e. The highest BCUT2D eigenvalue weighted by atomic mass is 16.3. The second kappa shape index (κ2) is 5.84. The van der Waals surface area contributed by atoms with Gasteiger partial charge in [0.1, 0.15) is 6.04 Å². The van der Waals surface area contributed by atoms with E-state index >= 15 is 0 Å². The summed E-state index contributed by atoms with van der Waals surface area (Å²) in [4.78, 5) is 23.3. The van der Waals surface area contributed by atoms with E-state index in [1.807, 2.05) is 65.8 Å². The standard InChI is InChI=1S/C20H19N5O2/c1-23-11-9-15(20(23)26)25-12-10-21-18(25)16-7-8-17(27-16)19-22-13-5-3-4-6-14(13)24(19)2/h3-8,10,12,15H,9,11H2,1-2H3/t15-/m0/s1. The Bertz CT molecular complexity index is 1150. The van der Waals surface area contributed by atoms with Crippen LogP contribution in [0.4, 0.5) is 0 Å². The predicted octanol–water partition coefficient (Wildman–Crippen LogP) is 3.10. The Morgan fingerprint density at radius 2 is 1.85 bits per heavy atom. The topological polar surface area (TPSA) is 69.1 Å². The summed E-state index contributed by atoms with van der Waals surface area (Å²) in [7, 11) is 3.80. The number of hydrogen-bond donors (Lipinski definition) is 0. The number of para-hydroxylation sites is 2. The van der Waals surface area contributed by atoms with Crippen LogP contribution in [0.25, 0.3) is 34.2 Å². The van der Waals surface area contributed by atoms with Gasteiger partial charge in [-0.15, -0.1) is 0 Å².